The zero-order valence-electron chi connectivity index (χ0n) is 16.4. The maximum Gasteiger partial charge on any atom is 0.241 e. The van der Waals surface area contributed by atoms with Gasteiger partial charge < -0.3 is 4.74 Å². The third-order valence-corrected chi connectivity index (χ3v) is 5.75. The van der Waals surface area contributed by atoms with Crippen LogP contribution in [0.25, 0.3) is 11.1 Å². The molecule has 4 nitrogen and oxygen atoms in total. The summed E-state index contributed by atoms with van der Waals surface area (Å²) in [5.41, 5.74) is 2.27. The standard InChI is InChI=1S/C23H31N3O/c1-19(25-15-9-4-10-16-25)17-26-18-22(20-11-5-2-6-12-20)23(24-26)27-21-13-7-3-8-14-21/h2,5-7,11-13,18-19,21H,3-4,8-10,14-17H2,1H3. The lowest BCUT2D eigenvalue weighted by atomic mass is 10.1. The largest absolute Gasteiger partial charge is 0.469 e. The Morgan fingerprint density at radius 2 is 1.93 bits per heavy atom. The highest BCUT2D eigenvalue weighted by atomic mass is 16.5. The third-order valence-electron chi connectivity index (χ3n) is 5.75. The van der Waals surface area contributed by atoms with E-state index in [0.29, 0.717) is 6.04 Å². The van der Waals surface area contributed by atoms with E-state index in [1.165, 1.54) is 44.3 Å². The van der Waals surface area contributed by atoms with Crippen LogP contribution in [0.15, 0.2) is 48.7 Å². The van der Waals surface area contributed by atoms with Crippen molar-refractivity contribution in [3.05, 3.63) is 48.7 Å². The first-order chi connectivity index (χ1) is 13.3. The summed E-state index contributed by atoms with van der Waals surface area (Å²) in [7, 11) is 0. The second kappa shape index (κ2) is 8.75. The van der Waals surface area contributed by atoms with E-state index in [1.54, 1.807) is 0 Å². The minimum atomic E-state index is 0.143. The Labute approximate surface area is 162 Å². The Kier molecular flexibility index (Phi) is 5.93. The Hall–Kier alpha value is -2.07. The van der Waals surface area contributed by atoms with Crippen molar-refractivity contribution >= 4 is 0 Å². The van der Waals surface area contributed by atoms with Crippen molar-refractivity contribution < 1.29 is 4.74 Å². The zero-order valence-corrected chi connectivity index (χ0v) is 16.4. The van der Waals surface area contributed by atoms with E-state index in [9.17, 15) is 0 Å². The molecule has 1 aliphatic carbocycles. The van der Waals surface area contributed by atoms with Crippen LogP contribution in [-0.2, 0) is 6.54 Å². The van der Waals surface area contributed by atoms with Crippen molar-refractivity contribution in [2.24, 2.45) is 0 Å². The summed E-state index contributed by atoms with van der Waals surface area (Å²) in [5.74, 6) is 0.767. The van der Waals surface area contributed by atoms with E-state index in [1.807, 2.05) is 0 Å². The summed E-state index contributed by atoms with van der Waals surface area (Å²) < 4.78 is 8.40. The second-order valence-corrected chi connectivity index (χ2v) is 7.90. The molecule has 1 aliphatic heterocycles. The van der Waals surface area contributed by atoms with Crippen molar-refractivity contribution in [3.8, 4) is 17.0 Å². The topological polar surface area (TPSA) is 30.3 Å². The Morgan fingerprint density at radius 1 is 1.11 bits per heavy atom. The van der Waals surface area contributed by atoms with Crippen molar-refractivity contribution in [1.82, 2.24) is 14.7 Å². The van der Waals surface area contributed by atoms with Gasteiger partial charge in [0.2, 0.25) is 5.88 Å². The zero-order chi connectivity index (χ0) is 18.5. The first-order valence-corrected chi connectivity index (χ1v) is 10.5. The van der Waals surface area contributed by atoms with Crippen molar-refractivity contribution in [1.29, 1.82) is 0 Å². The number of ether oxygens (including phenoxy) is 1. The average Bonchev–Trinajstić information content (AvgIpc) is 3.12. The van der Waals surface area contributed by atoms with E-state index >= 15 is 0 Å². The first kappa shape index (κ1) is 18.3. The summed E-state index contributed by atoms with van der Waals surface area (Å²) in [4.78, 5) is 2.60. The summed E-state index contributed by atoms with van der Waals surface area (Å²) in [6.07, 6.45) is 14.2. The number of benzene rings is 1. The molecular weight excluding hydrogens is 334 g/mol. The van der Waals surface area contributed by atoms with E-state index in [4.69, 9.17) is 9.84 Å². The Morgan fingerprint density at radius 3 is 2.67 bits per heavy atom. The summed E-state index contributed by atoms with van der Waals surface area (Å²) in [6.45, 7) is 5.65. The lowest BCUT2D eigenvalue weighted by molar-refractivity contribution is 0.155. The van der Waals surface area contributed by atoms with Gasteiger partial charge in [0.1, 0.15) is 6.10 Å². The smallest absolute Gasteiger partial charge is 0.241 e. The van der Waals surface area contributed by atoms with Gasteiger partial charge in [-0.3, -0.25) is 9.58 Å². The lowest BCUT2D eigenvalue weighted by Crippen LogP contribution is -2.39. The number of likely N-dealkylation sites (tertiary alicyclic amines) is 1. The number of aromatic nitrogens is 2. The molecule has 0 saturated carbocycles. The fourth-order valence-electron chi connectivity index (χ4n) is 4.17. The molecule has 1 saturated heterocycles. The normalized spacial score (nSPS) is 21.9. The maximum atomic E-state index is 6.32. The highest BCUT2D eigenvalue weighted by Gasteiger charge is 2.21. The van der Waals surface area contributed by atoms with E-state index in [-0.39, 0.29) is 6.10 Å². The van der Waals surface area contributed by atoms with Crippen molar-refractivity contribution in [2.45, 2.75) is 64.1 Å². The van der Waals surface area contributed by atoms with Crippen LogP contribution in [0.5, 0.6) is 5.88 Å². The number of hydrogen-bond acceptors (Lipinski definition) is 3. The number of nitrogens with zero attached hydrogens (tertiary/aromatic N) is 3. The van der Waals surface area contributed by atoms with E-state index < -0.39 is 0 Å². The molecule has 0 bridgehead atoms. The first-order valence-electron chi connectivity index (χ1n) is 10.5. The molecule has 2 unspecified atom stereocenters. The van der Waals surface area contributed by atoms with Crippen LogP contribution in [0, 0.1) is 0 Å². The van der Waals surface area contributed by atoms with Crippen LogP contribution in [0.3, 0.4) is 0 Å². The second-order valence-electron chi connectivity index (χ2n) is 7.90. The molecule has 2 heterocycles. The van der Waals surface area contributed by atoms with Gasteiger partial charge in [-0.1, -0.05) is 42.8 Å². The van der Waals surface area contributed by atoms with Crippen molar-refractivity contribution in [2.75, 3.05) is 13.1 Å². The van der Waals surface area contributed by atoms with Gasteiger partial charge in [0.15, 0.2) is 0 Å². The van der Waals surface area contributed by atoms with Gasteiger partial charge in [0.25, 0.3) is 0 Å². The van der Waals surface area contributed by atoms with Gasteiger partial charge in [0.05, 0.1) is 12.1 Å². The number of allylic oxidation sites excluding steroid dienone is 1. The molecular formula is C23H31N3O. The lowest BCUT2D eigenvalue weighted by Gasteiger charge is -2.32. The molecule has 2 atom stereocenters. The molecule has 2 aliphatic rings. The molecule has 1 aromatic carbocycles. The minimum Gasteiger partial charge on any atom is -0.469 e. The van der Waals surface area contributed by atoms with Gasteiger partial charge in [-0.25, -0.2) is 0 Å². The average molecular weight is 366 g/mol. The monoisotopic (exact) mass is 365 g/mol. The quantitative estimate of drug-likeness (QED) is 0.681. The van der Waals surface area contributed by atoms with Gasteiger partial charge in [0, 0.05) is 12.2 Å². The molecule has 2 aromatic rings. The van der Waals surface area contributed by atoms with Gasteiger partial charge in [-0.15, -0.1) is 5.10 Å². The molecule has 144 valence electrons. The molecule has 27 heavy (non-hydrogen) atoms. The molecule has 1 aromatic heterocycles. The number of rotatable bonds is 6. The number of piperidine rings is 1. The van der Waals surface area contributed by atoms with Gasteiger partial charge >= 0.3 is 0 Å². The number of hydrogen-bond donors (Lipinski definition) is 0. The van der Waals surface area contributed by atoms with Crippen LogP contribution >= 0.6 is 0 Å². The van der Waals surface area contributed by atoms with E-state index in [2.05, 4.69) is 65.2 Å². The predicted molar refractivity (Wildman–Crippen MR) is 110 cm³/mol. The molecule has 4 heteroatoms. The maximum absolute atomic E-state index is 6.32. The summed E-state index contributed by atoms with van der Waals surface area (Å²) in [6, 6.07) is 11.0. The SMILES string of the molecule is CC(Cn1cc(-c2ccccc2)c(OC2C=CCCC2)n1)N1CCCCC1. The predicted octanol–water partition coefficient (Wildman–Crippen LogP) is 4.91. The van der Waals surface area contributed by atoms with Crippen LogP contribution in [0.2, 0.25) is 0 Å². The molecule has 0 radical (unpaired) electrons. The van der Waals surface area contributed by atoms with Crippen LogP contribution in [0.4, 0.5) is 0 Å². The van der Waals surface area contributed by atoms with Gasteiger partial charge in [-0.2, -0.15) is 0 Å². The van der Waals surface area contributed by atoms with Crippen molar-refractivity contribution in [3.63, 3.8) is 0 Å². The molecule has 0 amide bonds. The van der Waals surface area contributed by atoms with Crippen LogP contribution in [0.1, 0.15) is 45.4 Å². The van der Waals surface area contributed by atoms with Crippen LogP contribution in [-0.4, -0.2) is 39.9 Å². The van der Waals surface area contributed by atoms with Gasteiger partial charge in [-0.05, 0) is 63.8 Å². The third kappa shape index (κ3) is 4.62. The molecule has 0 N–H and O–H groups in total. The fraction of sp³-hybridized carbons (Fsp3) is 0.522. The highest BCUT2D eigenvalue weighted by Crippen LogP contribution is 2.31. The van der Waals surface area contributed by atoms with E-state index in [0.717, 1.165) is 30.8 Å². The fourth-order valence-corrected chi connectivity index (χ4v) is 4.17. The molecule has 0 spiro atoms. The van der Waals surface area contributed by atoms with Crippen LogP contribution < -0.4 is 4.74 Å². The molecule has 1 fully saturated rings. The Balaban J connectivity index is 1.55. The summed E-state index contributed by atoms with van der Waals surface area (Å²) >= 11 is 0. The minimum absolute atomic E-state index is 0.143. The Bertz CT molecular complexity index is 746. The molecule has 4 rings (SSSR count). The summed E-state index contributed by atoms with van der Waals surface area (Å²) in [5, 5.41) is 4.85. The highest BCUT2D eigenvalue weighted by molar-refractivity contribution is 5.67.